The van der Waals surface area contributed by atoms with E-state index in [2.05, 4.69) is 0 Å². The third kappa shape index (κ3) is 3.19. The first-order valence-electron chi connectivity index (χ1n) is 4.49. The van der Waals surface area contributed by atoms with E-state index < -0.39 is 30.1 Å². The Bertz CT molecular complexity index is 383. The van der Waals surface area contributed by atoms with Crippen molar-refractivity contribution in [2.45, 2.75) is 11.0 Å². The number of hydrogen-bond acceptors (Lipinski definition) is 4. The highest BCUT2D eigenvalue weighted by atomic mass is 32.2. The lowest BCUT2D eigenvalue weighted by Gasteiger charge is -2.09. The van der Waals surface area contributed by atoms with E-state index in [1.165, 1.54) is 12.1 Å². The van der Waals surface area contributed by atoms with Gasteiger partial charge >= 0.3 is 5.97 Å². The van der Waals surface area contributed by atoms with Crippen LogP contribution in [-0.4, -0.2) is 39.8 Å². The molecular weight excluding hydrogens is 235 g/mol. The number of rotatable bonds is 5. The molecule has 0 aliphatic rings. The highest BCUT2D eigenvalue weighted by Gasteiger charge is 2.16. The van der Waals surface area contributed by atoms with Crippen LogP contribution in [0.2, 0.25) is 0 Å². The van der Waals surface area contributed by atoms with Crippen LogP contribution in [0.25, 0.3) is 0 Å². The summed E-state index contributed by atoms with van der Waals surface area (Å²) in [4.78, 5) is 11.0. The van der Waals surface area contributed by atoms with Crippen molar-refractivity contribution >= 4 is 17.7 Å². The summed E-state index contributed by atoms with van der Waals surface area (Å²) in [5, 5.41) is 26.5. The van der Waals surface area contributed by atoms with E-state index in [0.717, 1.165) is 17.8 Å². The summed E-state index contributed by atoms with van der Waals surface area (Å²) in [5.74, 6) is -2.05. The Labute approximate surface area is 95.7 Å². The number of thioether (sulfide) groups is 1. The van der Waals surface area contributed by atoms with Gasteiger partial charge in [-0.3, -0.25) is 0 Å². The van der Waals surface area contributed by atoms with E-state index >= 15 is 0 Å². The molecule has 1 aromatic carbocycles. The monoisotopic (exact) mass is 246 g/mol. The smallest absolute Gasteiger partial charge is 0.339 e. The highest BCUT2D eigenvalue weighted by molar-refractivity contribution is 7.99. The Morgan fingerprint density at radius 3 is 2.75 bits per heavy atom. The van der Waals surface area contributed by atoms with Crippen molar-refractivity contribution in [2.24, 2.45) is 0 Å². The standard InChI is InChI=1S/C10H11FO4S/c11-7-2-1-3-8(9(7)10(14)15)16-5-6(13)4-12/h1-3,6,12-13H,4-5H2,(H,14,15). The molecule has 6 heteroatoms. The summed E-state index contributed by atoms with van der Waals surface area (Å²) in [7, 11) is 0. The second kappa shape index (κ2) is 5.83. The number of halogens is 1. The molecule has 88 valence electrons. The van der Waals surface area contributed by atoms with Crippen LogP contribution in [0.4, 0.5) is 4.39 Å². The van der Waals surface area contributed by atoms with Crippen LogP contribution in [0.15, 0.2) is 23.1 Å². The first-order valence-corrected chi connectivity index (χ1v) is 5.48. The van der Waals surface area contributed by atoms with Gasteiger partial charge in [0.05, 0.1) is 12.7 Å². The Hall–Kier alpha value is -1.11. The van der Waals surface area contributed by atoms with E-state index in [0.29, 0.717) is 0 Å². The minimum atomic E-state index is -1.35. The van der Waals surface area contributed by atoms with Crippen LogP contribution >= 0.6 is 11.8 Å². The number of carboxylic acids is 1. The quantitative estimate of drug-likeness (QED) is 0.675. The van der Waals surface area contributed by atoms with Crippen LogP contribution in [0.3, 0.4) is 0 Å². The van der Waals surface area contributed by atoms with Crippen molar-refractivity contribution in [1.82, 2.24) is 0 Å². The van der Waals surface area contributed by atoms with Gasteiger partial charge in [0.2, 0.25) is 0 Å². The van der Waals surface area contributed by atoms with Gasteiger partial charge < -0.3 is 15.3 Å². The number of aliphatic hydroxyl groups is 2. The maximum absolute atomic E-state index is 13.2. The molecule has 0 aromatic heterocycles. The molecule has 16 heavy (non-hydrogen) atoms. The third-order valence-corrected chi connectivity index (χ3v) is 3.03. The van der Waals surface area contributed by atoms with Gasteiger partial charge in [-0.15, -0.1) is 11.8 Å². The fourth-order valence-corrected chi connectivity index (χ4v) is 2.05. The maximum atomic E-state index is 13.2. The molecule has 0 aliphatic heterocycles. The van der Waals surface area contributed by atoms with E-state index in [-0.39, 0.29) is 10.6 Å². The van der Waals surface area contributed by atoms with Crippen molar-refractivity contribution in [3.05, 3.63) is 29.6 Å². The van der Waals surface area contributed by atoms with Gasteiger partial charge in [-0.2, -0.15) is 0 Å². The van der Waals surface area contributed by atoms with Gasteiger partial charge in [0, 0.05) is 10.6 Å². The number of aromatic carboxylic acids is 1. The van der Waals surface area contributed by atoms with Crippen LogP contribution in [0, 0.1) is 5.82 Å². The number of aliphatic hydroxyl groups excluding tert-OH is 2. The zero-order valence-electron chi connectivity index (χ0n) is 8.26. The normalized spacial score (nSPS) is 12.4. The van der Waals surface area contributed by atoms with Crippen LogP contribution in [0.1, 0.15) is 10.4 Å². The van der Waals surface area contributed by atoms with Crippen molar-refractivity contribution in [2.75, 3.05) is 12.4 Å². The Kier molecular flexibility index (Phi) is 4.72. The summed E-state index contributed by atoms with van der Waals surface area (Å²) < 4.78 is 13.2. The van der Waals surface area contributed by atoms with Crippen LogP contribution < -0.4 is 0 Å². The van der Waals surface area contributed by atoms with E-state index in [1.807, 2.05) is 0 Å². The summed E-state index contributed by atoms with van der Waals surface area (Å²) >= 11 is 0.991. The van der Waals surface area contributed by atoms with E-state index in [9.17, 15) is 9.18 Å². The molecule has 0 radical (unpaired) electrons. The molecule has 0 fully saturated rings. The number of carbonyl (C=O) groups is 1. The number of benzene rings is 1. The second-order valence-electron chi connectivity index (χ2n) is 3.07. The van der Waals surface area contributed by atoms with Gasteiger partial charge in [-0.05, 0) is 12.1 Å². The number of hydrogen-bond donors (Lipinski definition) is 3. The third-order valence-electron chi connectivity index (χ3n) is 1.83. The lowest BCUT2D eigenvalue weighted by Crippen LogP contribution is -2.15. The molecule has 0 amide bonds. The van der Waals surface area contributed by atoms with Crippen molar-refractivity contribution in [1.29, 1.82) is 0 Å². The SMILES string of the molecule is O=C(O)c1c(F)cccc1SCC(O)CO. The molecule has 1 atom stereocenters. The lowest BCUT2D eigenvalue weighted by atomic mass is 10.2. The predicted molar refractivity (Wildman–Crippen MR) is 57.2 cm³/mol. The molecule has 0 heterocycles. The van der Waals surface area contributed by atoms with Crippen LogP contribution in [0.5, 0.6) is 0 Å². The predicted octanol–water partition coefficient (Wildman–Crippen LogP) is 0.969. The maximum Gasteiger partial charge on any atom is 0.339 e. The fraction of sp³-hybridized carbons (Fsp3) is 0.300. The molecular formula is C10H11FO4S. The molecule has 0 spiro atoms. The molecule has 1 unspecified atom stereocenters. The minimum Gasteiger partial charge on any atom is -0.478 e. The van der Waals surface area contributed by atoms with Gasteiger partial charge in [0.25, 0.3) is 0 Å². The molecule has 0 aliphatic carbocycles. The van der Waals surface area contributed by atoms with Gasteiger partial charge in [0.15, 0.2) is 0 Å². The summed E-state index contributed by atoms with van der Waals surface area (Å²) in [5.41, 5.74) is -0.405. The van der Waals surface area contributed by atoms with Crippen molar-refractivity contribution in [3.8, 4) is 0 Å². The Morgan fingerprint density at radius 1 is 1.50 bits per heavy atom. The molecule has 0 saturated carbocycles. The van der Waals surface area contributed by atoms with Crippen LogP contribution in [-0.2, 0) is 0 Å². The van der Waals surface area contributed by atoms with Gasteiger partial charge in [-0.1, -0.05) is 6.07 Å². The summed E-state index contributed by atoms with van der Waals surface area (Å²) in [6, 6.07) is 3.92. The average molecular weight is 246 g/mol. The first-order chi connectivity index (χ1) is 7.56. The van der Waals surface area contributed by atoms with Gasteiger partial charge in [-0.25, -0.2) is 9.18 Å². The fourth-order valence-electron chi connectivity index (χ4n) is 1.07. The molecule has 1 rings (SSSR count). The molecule has 4 nitrogen and oxygen atoms in total. The first kappa shape index (κ1) is 13.0. The van der Waals surface area contributed by atoms with E-state index in [4.69, 9.17) is 15.3 Å². The lowest BCUT2D eigenvalue weighted by molar-refractivity contribution is 0.0687. The molecule has 0 saturated heterocycles. The molecule has 0 bridgehead atoms. The molecule has 1 aromatic rings. The van der Waals surface area contributed by atoms with E-state index in [1.54, 1.807) is 0 Å². The van der Waals surface area contributed by atoms with Crippen molar-refractivity contribution in [3.63, 3.8) is 0 Å². The largest absolute Gasteiger partial charge is 0.478 e. The second-order valence-corrected chi connectivity index (χ2v) is 4.13. The van der Waals surface area contributed by atoms with Gasteiger partial charge in [0.1, 0.15) is 11.4 Å². The minimum absolute atomic E-state index is 0.111. The summed E-state index contributed by atoms with van der Waals surface area (Å²) in [6.07, 6.45) is -0.949. The summed E-state index contributed by atoms with van der Waals surface area (Å²) in [6.45, 7) is -0.412. The average Bonchev–Trinajstić information content (AvgIpc) is 2.25. The zero-order chi connectivity index (χ0) is 12.1. The topological polar surface area (TPSA) is 77.8 Å². The highest BCUT2D eigenvalue weighted by Crippen LogP contribution is 2.25. The van der Waals surface area contributed by atoms with Crippen molar-refractivity contribution < 1.29 is 24.5 Å². The number of carboxylic acid groups (broad SMARTS) is 1. The Balaban J connectivity index is 2.87. The Morgan fingerprint density at radius 2 is 2.19 bits per heavy atom. The molecule has 3 N–H and O–H groups in total. The zero-order valence-corrected chi connectivity index (χ0v) is 9.08.